The van der Waals surface area contributed by atoms with Crippen LogP contribution in [0.4, 0.5) is 5.69 Å². The van der Waals surface area contributed by atoms with Gasteiger partial charge in [0.05, 0.1) is 29.9 Å². The smallest absolute Gasteiger partial charge is 0.238 e. The molecule has 1 saturated carbocycles. The number of thioether (sulfide) groups is 1. The Balaban J connectivity index is 1.65. The maximum Gasteiger partial charge on any atom is 0.238 e. The van der Waals surface area contributed by atoms with E-state index in [4.69, 9.17) is 4.74 Å². The summed E-state index contributed by atoms with van der Waals surface area (Å²) in [6, 6.07) is 12.1. The molecule has 1 unspecified atom stereocenters. The first-order chi connectivity index (χ1) is 13.2. The number of hydrogen-bond donors (Lipinski definition) is 1. The molecule has 6 heteroatoms. The number of nitrogens with one attached hydrogen (secondary N) is 1. The third kappa shape index (κ3) is 3.46. The molecule has 1 aliphatic carbocycles. The molecule has 142 valence electrons. The molecule has 2 fully saturated rings. The molecule has 4 rings (SSSR count). The molecule has 1 amide bonds. The van der Waals surface area contributed by atoms with Crippen molar-refractivity contribution in [1.29, 1.82) is 5.26 Å². The number of carbonyl (C=O) groups is 1. The van der Waals surface area contributed by atoms with Crippen LogP contribution in [0.1, 0.15) is 32.1 Å². The predicted octanol–water partition coefficient (Wildman–Crippen LogP) is 3.76. The second kappa shape index (κ2) is 7.95. The topological polar surface area (TPSA) is 65.4 Å². The number of rotatable bonds is 3. The SMILES string of the molecule is N#CC1=C(N2CCOCC2)SC(C(=O)Nc2ccccc2)C12CCCCC2. The lowest BCUT2D eigenvalue weighted by Gasteiger charge is -2.37. The average Bonchev–Trinajstić information content (AvgIpc) is 3.03. The summed E-state index contributed by atoms with van der Waals surface area (Å²) in [6.45, 7) is 2.93. The molecule has 1 aromatic carbocycles. The normalized spacial score (nSPS) is 24.7. The van der Waals surface area contributed by atoms with Crippen molar-refractivity contribution in [2.45, 2.75) is 37.4 Å². The molecule has 1 atom stereocenters. The first-order valence-electron chi connectivity index (χ1n) is 9.75. The largest absolute Gasteiger partial charge is 0.378 e. The Morgan fingerprint density at radius 3 is 2.56 bits per heavy atom. The highest BCUT2D eigenvalue weighted by Crippen LogP contribution is 2.58. The molecule has 5 nitrogen and oxygen atoms in total. The van der Waals surface area contributed by atoms with Gasteiger partial charge in [0.25, 0.3) is 0 Å². The molecule has 2 heterocycles. The molecule has 0 radical (unpaired) electrons. The molecule has 0 aromatic heterocycles. The predicted molar refractivity (Wildman–Crippen MR) is 107 cm³/mol. The van der Waals surface area contributed by atoms with Gasteiger partial charge in [-0.3, -0.25) is 4.79 Å². The third-order valence-electron chi connectivity index (χ3n) is 5.88. The average molecular weight is 384 g/mol. The van der Waals surface area contributed by atoms with Crippen LogP contribution in [0.15, 0.2) is 40.9 Å². The Labute approximate surface area is 164 Å². The molecular weight excluding hydrogens is 358 g/mol. The second-order valence-electron chi connectivity index (χ2n) is 7.46. The van der Waals surface area contributed by atoms with E-state index in [9.17, 15) is 10.1 Å². The minimum Gasteiger partial charge on any atom is -0.378 e. The van der Waals surface area contributed by atoms with Crippen molar-refractivity contribution in [1.82, 2.24) is 4.90 Å². The van der Waals surface area contributed by atoms with E-state index in [1.54, 1.807) is 11.8 Å². The van der Waals surface area contributed by atoms with Crippen molar-refractivity contribution in [3.8, 4) is 6.07 Å². The van der Waals surface area contributed by atoms with Gasteiger partial charge in [0.1, 0.15) is 5.25 Å². The minimum atomic E-state index is -0.329. The molecule has 1 saturated heterocycles. The van der Waals surface area contributed by atoms with E-state index < -0.39 is 0 Å². The standard InChI is InChI=1S/C21H25N3O2S/c22-15-17-20(24-11-13-26-14-12-24)27-18(21(17)9-5-2-6-10-21)19(25)23-16-7-3-1-4-8-16/h1,3-4,7-8,18H,2,5-6,9-14H2,(H,23,25). The number of anilines is 1. The summed E-state index contributed by atoms with van der Waals surface area (Å²) in [5.41, 5.74) is 1.32. The first-order valence-corrected chi connectivity index (χ1v) is 10.6. The number of morpholine rings is 1. The number of ether oxygens (including phenoxy) is 1. The number of benzene rings is 1. The monoisotopic (exact) mass is 383 g/mol. The van der Waals surface area contributed by atoms with E-state index in [-0.39, 0.29) is 16.6 Å². The number of nitrogens with zero attached hydrogens (tertiary/aromatic N) is 2. The summed E-state index contributed by atoms with van der Waals surface area (Å²) in [7, 11) is 0. The molecule has 1 aromatic rings. The lowest BCUT2D eigenvalue weighted by molar-refractivity contribution is -0.117. The number of amides is 1. The van der Waals surface area contributed by atoms with Gasteiger partial charge in [0, 0.05) is 24.2 Å². The molecule has 1 spiro atoms. The van der Waals surface area contributed by atoms with Gasteiger partial charge in [-0.05, 0) is 25.0 Å². The van der Waals surface area contributed by atoms with Crippen LogP contribution in [0.2, 0.25) is 0 Å². The molecule has 3 aliphatic rings. The van der Waals surface area contributed by atoms with Crippen molar-refractivity contribution in [2.75, 3.05) is 31.6 Å². The maximum atomic E-state index is 13.3. The summed E-state index contributed by atoms with van der Waals surface area (Å²) in [6.07, 6.45) is 5.19. The van der Waals surface area contributed by atoms with Crippen LogP contribution in [0.5, 0.6) is 0 Å². The van der Waals surface area contributed by atoms with Crippen molar-refractivity contribution in [3.05, 3.63) is 40.9 Å². The van der Waals surface area contributed by atoms with Gasteiger partial charge >= 0.3 is 0 Å². The lowest BCUT2D eigenvalue weighted by atomic mass is 9.67. The summed E-state index contributed by atoms with van der Waals surface area (Å²) >= 11 is 1.60. The van der Waals surface area contributed by atoms with Crippen LogP contribution >= 0.6 is 11.8 Å². The fourth-order valence-corrected chi connectivity index (χ4v) is 6.18. The van der Waals surface area contributed by atoms with Gasteiger partial charge in [-0.2, -0.15) is 5.26 Å². The zero-order valence-electron chi connectivity index (χ0n) is 15.4. The van der Waals surface area contributed by atoms with Crippen molar-refractivity contribution < 1.29 is 9.53 Å². The van der Waals surface area contributed by atoms with Crippen LogP contribution < -0.4 is 5.32 Å². The molecule has 0 bridgehead atoms. The van der Waals surface area contributed by atoms with E-state index in [2.05, 4.69) is 16.3 Å². The Morgan fingerprint density at radius 1 is 1.19 bits per heavy atom. The van der Waals surface area contributed by atoms with Crippen LogP contribution in [0.3, 0.4) is 0 Å². The fraction of sp³-hybridized carbons (Fsp3) is 0.524. The Hall–Kier alpha value is -1.97. The molecular formula is C21H25N3O2S. The van der Waals surface area contributed by atoms with Gasteiger partial charge in [0.15, 0.2) is 0 Å². The van der Waals surface area contributed by atoms with Crippen molar-refractivity contribution in [3.63, 3.8) is 0 Å². The minimum absolute atomic E-state index is 0.0177. The van der Waals surface area contributed by atoms with Gasteiger partial charge < -0.3 is 15.0 Å². The summed E-state index contributed by atoms with van der Waals surface area (Å²) in [5, 5.41) is 13.9. The fourth-order valence-electron chi connectivity index (χ4n) is 4.51. The van der Waals surface area contributed by atoms with Gasteiger partial charge in [-0.1, -0.05) is 49.2 Å². The van der Waals surface area contributed by atoms with Crippen molar-refractivity contribution >= 4 is 23.4 Å². The number of nitriles is 1. The van der Waals surface area contributed by atoms with Crippen molar-refractivity contribution in [2.24, 2.45) is 5.41 Å². The van der Waals surface area contributed by atoms with E-state index in [0.717, 1.165) is 55.1 Å². The zero-order chi connectivity index (χ0) is 18.7. The van der Waals surface area contributed by atoms with E-state index in [1.807, 2.05) is 30.3 Å². The molecule has 27 heavy (non-hydrogen) atoms. The lowest BCUT2D eigenvalue weighted by Crippen LogP contribution is -2.41. The molecule has 2 aliphatic heterocycles. The van der Waals surface area contributed by atoms with E-state index in [0.29, 0.717) is 13.2 Å². The molecule has 1 N–H and O–H groups in total. The summed E-state index contributed by atoms with van der Waals surface area (Å²) in [4.78, 5) is 15.5. The third-order valence-corrected chi connectivity index (χ3v) is 7.47. The number of allylic oxidation sites excluding steroid dienone is 1. The van der Waals surface area contributed by atoms with E-state index in [1.165, 1.54) is 6.42 Å². The van der Waals surface area contributed by atoms with Gasteiger partial charge in [-0.25, -0.2) is 0 Å². The zero-order valence-corrected chi connectivity index (χ0v) is 16.3. The maximum absolute atomic E-state index is 13.3. The second-order valence-corrected chi connectivity index (χ2v) is 8.56. The van der Waals surface area contributed by atoms with Crippen LogP contribution in [-0.4, -0.2) is 42.4 Å². The number of para-hydroxylation sites is 1. The summed E-state index contributed by atoms with van der Waals surface area (Å²) in [5.74, 6) is 0.0177. The Kier molecular flexibility index (Phi) is 5.42. The highest BCUT2D eigenvalue weighted by Gasteiger charge is 2.54. The van der Waals surface area contributed by atoms with Gasteiger partial charge in [-0.15, -0.1) is 0 Å². The Bertz CT molecular complexity index is 759. The van der Waals surface area contributed by atoms with Gasteiger partial charge in [0.2, 0.25) is 5.91 Å². The quantitative estimate of drug-likeness (QED) is 0.861. The van der Waals surface area contributed by atoms with Crippen LogP contribution in [0, 0.1) is 16.7 Å². The highest BCUT2D eigenvalue weighted by atomic mass is 32.2. The number of hydrogen-bond acceptors (Lipinski definition) is 5. The highest BCUT2D eigenvalue weighted by molar-refractivity contribution is 8.04. The van der Waals surface area contributed by atoms with E-state index >= 15 is 0 Å². The number of carbonyl (C=O) groups excluding carboxylic acids is 1. The first kappa shape index (κ1) is 18.4. The van der Waals surface area contributed by atoms with Crippen LogP contribution in [-0.2, 0) is 9.53 Å². The van der Waals surface area contributed by atoms with Crippen LogP contribution in [0.25, 0.3) is 0 Å². The Morgan fingerprint density at radius 2 is 1.89 bits per heavy atom. The summed E-state index contributed by atoms with van der Waals surface area (Å²) < 4.78 is 5.48.